The van der Waals surface area contributed by atoms with E-state index in [-0.39, 0.29) is 84.5 Å². The summed E-state index contributed by atoms with van der Waals surface area (Å²) in [5.74, 6) is -1.07. The molecule has 5 aliphatic rings. The Hall–Kier alpha value is -3.61. The van der Waals surface area contributed by atoms with Gasteiger partial charge in [-0.3, -0.25) is 4.90 Å². The maximum Gasteiger partial charge on any atom is 0.319 e. The van der Waals surface area contributed by atoms with E-state index in [1.165, 1.54) is 12.1 Å². The number of aromatic nitrogens is 2. The fraction of sp³-hybridized carbons (Fsp3) is 0.500. The quantitative estimate of drug-likeness (QED) is 0.256. The maximum atomic E-state index is 17.3. The van der Waals surface area contributed by atoms with Crippen LogP contribution >= 0.6 is 22.9 Å². The number of hydrogen-bond donors (Lipinski definition) is 2. The fourth-order valence-corrected chi connectivity index (χ4v) is 9.73. The number of ether oxygens (including phenoxy) is 3. The zero-order valence-electron chi connectivity index (χ0n) is 26.3. The van der Waals surface area contributed by atoms with E-state index in [4.69, 9.17) is 36.5 Å². The molecule has 0 radical (unpaired) electrons. The highest BCUT2D eigenvalue weighted by Crippen LogP contribution is 2.53. The highest BCUT2D eigenvalue weighted by atomic mass is 35.5. The molecule has 49 heavy (non-hydrogen) atoms. The number of nitrogens with two attached hydrogens (primary N) is 1. The minimum atomic E-state index is -1.08. The van der Waals surface area contributed by atoms with E-state index in [0.717, 1.165) is 30.7 Å². The molecule has 4 aromatic rings. The van der Waals surface area contributed by atoms with E-state index < -0.39 is 35.0 Å². The SMILES string of the molecule is N#Cc1c(N)sc2c(F)ccc(-c3c(Cl)c4c5c(nc(OC[C@@]67CCCN6C[C@H](F)C7)nc5c3F)N(C3CCOC3)[C@@H](C3(O)CC3)CO4)c12. The fourth-order valence-electron chi connectivity index (χ4n) is 8.45. The number of fused-ring (bicyclic) bond motifs is 2. The highest BCUT2D eigenvalue weighted by Gasteiger charge is 2.54. The summed E-state index contributed by atoms with van der Waals surface area (Å²) < 4.78 is 65.6. The van der Waals surface area contributed by atoms with Crippen LogP contribution in [0.15, 0.2) is 12.1 Å². The lowest BCUT2D eigenvalue weighted by Crippen LogP contribution is -2.53. The smallest absolute Gasteiger partial charge is 0.319 e. The van der Waals surface area contributed by atoms with Gasteiger partial charge in [-0.05, 0) is 50.3 Å². The van der Waals surface area contributed by atoms with Crippen molar-refractivity contribution in [3.63, 3.8) is 0 Å². The molecule has 3 N–H and O–H groups in total. The predicted molar refractivity (Wildman–Crippen MR) is 178 cm³/mol. The van der Waals surface area contributed by atoms with Crippen LogP contribution in [-0.4, -0.2) is 88.9 Å². The van der Waals surface area contributed by atoms with Crippen molar-refractivity contribution >= 4 is 54.7 Å². The molecule has 2 aromatic carbocycles. The summed E-state index contributed by atoms with van der Waals surface area (Å²) in [6, 6.07) is 3.67. The lowest BCUT2D eigenvalue weighted by molar-refractivity contribution is 0.0848. The lowest BCUT2D eigenvalue weighted by atomic mass is 9.95. The van der Waals surface area contributed by atoms with Crippen molar-refractivity contribution < 1.29 is 32.5 Å². The summed E-state index contributed by atoms with van der Waals surface area (Å²) in [4.78, 5) is 13.6. The van der Waals surface area contributed by atoms with E-state index in [1.807, 2.05) is 11.0 Å². The lowest BCUT2D eigenvalue weighted by Gasteiger charge is -2.38. The number of benzene rings is 2. The zero-order valence-corrected chi connectivity index (χ0v) is 27.8. The second-order valence-corrected chi connectivity index (χ2v) is 15.3. The number of nitrogens with zero attached hydrogens (tertiary/aromatic N) is 5. The molecule has 1 saturated carbocycles. The predicted octanol–water partition coefficient (Wildman–Crippen LogP) is 5.73. The number of rotatable bonds is 6. The highest BCUT2D eigenvalue weighted by molar-refractivity contribution is 7.23. The molecule has 1 unspecified atom stereocenters. The Morgan fingerprint density at radius 1 is 1.20 bits per heavy atom. The van der Waals surface area contributed by atoms with Gasteiger partial charge in [0.25, 0.3) is 0 Å². The summed E-state index contributed by atoms with van der Waals surface area (Å²) in [5, 5.41) is 21.9. The first-order valence-corrected chi connectivity index (χ1v) is 17.7. The number of thiophene rings is 1. The molecule has 0 bridgehead atoms. The van der Waals surface area contributed by atoms with Crippen LogP contribution in [0.3, 0.4) is 0 Å². The van der Waals surface area contributed by atoms with E-state index in [2.05, 4.69) is 9.88 Å². The topological polar surface area (TPSA) is 130 Å². The third-order valence-corrected chi connectivity index (χ3v) is 12.4. The van der Waals surface area contributed by atoms with Gasteiger partial charge < -0.3 is 30.0 Å². The molecule has 3 saturated heterocycles. The van der Waals surface area contributed by atoms with Gasteiger partial charge in [-0.1, -0.05) is 17.7 Å². The molecular weight excluding hydrogens is 681 g/mol. The molecule has 4 aliphatic heterocycles. The van der Waals surface area contributed by atoms with Crippen LogP contribution in [0.4, 0.5) is 24.0 Å². The van der Waals surface area contributed by atoms with E-state index >= 15 is 8.78 Å². The van der Waals surface area contributed by atoms with Gasteiger partial charge in [0.05, 0.1) is 50.5 Å². The molecule has 6 heterocycles. The van der Waals surface area contributed by atoms with Crippen LogP contribution in [0.5, 0.6) is 11.8 Å². The molecule has 4 fully saturated rings. The first-order chi connectivity index (χ1) is 23.6. The number of alkyl halides is 1. The number of halogens is 4. The van der Waals surface area contributed by atoms with Gasteiger partial charge >= 0.3 is 6.01 Å². The van der Waals surface area contributed by atoms with E-state index in [9.17, 15) is 14.8 Å². The standard InChI is InChI=1S/C34H32ClF3N6O4S/c35-25-23(18-2-3-20(37)29-22(18)19(11-39)30(40)49-29)26(38)27-24-28(25)47-14-21(34(45)6-7-34)44(17-4-9-46-13-17)31(24)42-32(41-27)48-15-33-5-1-8-43(33)12-16(36)10-33/h2-3,16-17,21,45H,1,4-10,12-15,40H2/t16-,17?,21-,33+/m1/s1. The van der Waals surface area contributed by atoms with Gasteiger partial charge in [-0.25, -0.2) is 13.2 Å². The molecule has 256 valence electrons. The first-order valence-electron chi connectivity index (χ1n) is 16.5. The molecule has 10 nitrogen and oxygen atoms in total. The monoisotopic (exact) mass is 712 g/mol. The maximum absolute atomic E-state index is 17.3. The summed E-state index contributed by atoms with van der Waals surface area (Å²) in [6.07, 6.45) is 2.74. The third-order valence-electron chi connectivity index (χ3n) is 11.0. The number of nitrogen functional groups attached to an aromatic ring is 1. The minimum absolute atomic E-state index is 0.00305. The van der Waals surface area contributed by atoms with Gasteiger partial charge in [0.15, 0.2) is 11.6 Å². The molecule has 0 amide bonds. The van der Waals surface area contributed by atoms with Crippen molar-refractivity contribution in [2.24, 2.45) is 0 Å². The Kier molecular flexibility index (Phi) is 7.17. The van der Waals surface area contributed by atoms with Crippen molar-refractivity contribution in [1.82, 2.24) is 14.9 Å². The average Bonchev–Trinajstić information content (AvgIpc) is 3.41. The zero-order chi connectivity index (χ0) is 33.8. The van der Waals surface area contributed by atoms with Crippen LogP contribution in [0.25, 0.3) is 32.1 Å². The molecule has 0 spiro atoms. The number of nitriles is 1. The van der Waals surface area contributed by atoms with Crippen LogP contribution in [-0.2, 0) is 4.74 Å². The molecule has 15 heteroatoms. The van der Waals surface area contributed by atoms with Crippen LogP contribution in [0.1, 0.15) is 44.1 Å². The van der Waals surface area contributed by atoms with E-state index in [0.29, 0.717) is 45.4 Å². The van der Waals surface area contributed by atoms with Crippen LogP contribution < -0.4 is 20.1 Å². The largest absolute Gasteiger partial charge is 0.489 e. The second kappa shape index (κ2) is 11.2. The normalized spacial score (nSPS) is 27.3. The van der Waals surface area contributed by atoms with Gasteiger partial charge in [0.2, 0.25) is 0 Å². The summed E-state index contributed by atoms with van der Waals surface area (Å²) in [7, 11) is 0. The van der Waals surface area contributed by atoms with Crippen molar-refractivity contribution in [2.45, 2.75) is 67.9 Å². The summed E-state index contributed by atoms with van der Waals surface area (Å²) in [5.41, 5.74) is 4.38. The van der Waals surface area contributed by atoms with E-state index in [1.54, 1.807) is 0 Å². The minimum Gasteiger partial charge on any atom is -0.489 e. The molecule has 4 atom stereocenters. The Morgan fingerprint density at radius 3 is 2.80 bits per heavy atom. The number of aliphatic hydroxyl groups is 1. The van der Waals surface area contributed by atoms with Crippen molar-refractivity contribution in [1.29, 1.82) is 5.26 Å². The second-order valence-electron chi connectivity index (χ2n) is 13.9. The number of anilines is 2. The Bertz CT molecular complexity index is 2090. The summed E-state index contributed by atoms with van der Waals surface area (Å²) in [6.45, 7) is 2.08. The Labute approximate surface area is 288 Å². The molecule has 1 aliphatic carbocycles. The van der Waals surface area contributed by atoms with Crippen LogP contribution in [0, 0.1) is 23.0 Å². The van der Waals surface area contributed by atoms with Crippen molar-refractivity contribution in [3.05, 3.63) is 34.4 Å². The Balaban J connectivity index is 1.28. The average molecular weight is 713 g/mol. The van der Waals surface area contributed by atoms with Gasteiger partial charge in [0.1, 0.15) is 47.6 Å². The first kappa shape index (κ1) is 31.4. The Morgan fingerprint density at radius 2 is 2.04 bits per heavy atom. The molecule has 9 rings (SSSR count). The number of hydrogen-bond acceptors (Lipinski definition) is 11. The van der Waals surface area contributed by atoms with Crippen molar-refractivity contribution in [3.8, 4) is 29.0 Å². The van der Waals surface area contributed by atoms with Crippen LogP contribution in [0.2, 0.25) is 5.02 Å². The summed E-state index contributed by atoms with van der Waals surface area (Å²) >= 11 is 7.99. The van der Waals surface area contributed by atoms with Gasteiger partial charge in [-0.15, -0.1) is 11.3 Å². The molecule has 2 aromatic heterocycles. The van der Waals surface area contributed by atoms with Crippen molar-refractivity contribution in [2.75, 3.05) is 50.2 Å². The van der Waals surface area contributed by atoms with Gasteiger partial charge in [0, 0.05) is 30.5 Å². The molecular formula is C34H32ClF3N6O4S. The van der Waals surface area contributed by atoms with Gasteiger partial charge in [-0.2, -0.15) is 15.2 Å². The third kappa shape index (κ3) is 4.69.